The van der Waals surface area contributed by atoms with Crippen molar-refractivity contribution in [1.82, 2.24) is 10.2 Å². The molecule has 41 heavy (non-hydrogen) atoms. The first-order chi connectivity index (χ1) is 19.5. The number of hydrogen-bond donors (Lipinski definition) is 2. The predicted molar refractivity (Wildman–Crippen MR) is 158 cm³/mol. The molecule has 0 aliphatic carbocycles. The largest absolute Gasteiger partial charge is 0.494 e. The summed E-state index contributed by atoms with van der Waals surface area (Å²) in [5.74, 6) is 0.778. The van der Waals surface area contributed by atoms with Crippen molar-refractivity contribution in [2.45, 2.75) is 51.0 Å². The molecular formula is C32H37ClFN3O4. The summed E-state index contributed by atoms with van der Waals surface area (Å²) in [6.45, 7) is 2.10. The Morgan fingerprint density at radius 3 is 2.78 bits per heavy atom. The van der Waals surface area contributed by atoms with Crippen LogP contribution in [0.15, 0.2) is 60.7 Å². The molecule has 0 spiro atoms. The van der Waals surface area contributed by atoms with E-state index in [-0.39, 0.29) is 42.4 Å². The quantitative estimate of drug-likeness (QED) is 0.390. The van der Waals surface area contributed by atoms with E-state index in [0.717, 1.165) is 41.7 Å². The average Bonchev–Trinajstić information content (AvgIpc) is 2.96. The lowest BCUT2D eigenvalue weighted by atomic mass is 9.87. The Balaban J connectivity index is 0.00000387. The maximum atomic E-state index is 14.7. The molecule has 0 saturated carbocycles. The van der Waals surface area contributed by atoms with Crippen molar-refractivity contribution in [3.8, 4) is 17.2 Å². The number of ether oxygens (including phenoxy) is 2. The van der Waals surface area contributed by atoms with E-state index in [2.05, 4.69) is 5.32 Å². The van der Waals surface area contributed by atoms with Crippen LogP contribution in [0.3, 0.4) is 0 Å². The number of unbranched alkanes of at least 4 members (excludes halogenated alkanes) is 2. The third kappa shape index (κ3) is 7.57. The summed E-state index contributed by atoms with van der Waals surface area (Å²) in [6.07, 6.45) is 4.55. The van der Waals surface area contributed by atoms with Crippen LogP contribution < -0.4 is 20.5 Å². The molecule has 0 fully saturated rings. The van der Waals surface area contributed by atoms with Gasteiger partial charge >= 0.3 is 0 Å². The van der Waals surface area contributed by atoms with Gasteiger partial charge in [0, 0.05) is 19.5 Å². The highest BCUT2D eigenvalue weighted by atomic mass is 35.5. The van der Waals surface area contributed by atoms with Crippen LogP contribution in [0.5, 0.6) is 17.2 Å². The van der Waals surface area contributed by atoms with Gasteiger partial charge in [-0.1, -0.05) is 30.7 Å². The van der Waals surface area contributed by atoms with Gasteiger partial charge in [-0.05, 0) is 90.9 Å². The zero-order chi connectivity index (χ0) is 27.9. The number of nitrogens with one attached hydrogen (secondary N) is 1. The van der Waals surface area contributed by atoms with E-state index < -0.39 is 5.82 Å². The third-order valence-corrected chi connectivity index (χ3v) is 7.43. The van der Waals surface area contributed by atoms with Crippen LogP contribution >= 0.6 is 12.4 Å². The summed E-state index contributed by atoms with van der Waals surface area (Å²) in [4.78, 5) is 27.9. The van der Waals surface area contributed by atoms with Crippen molar-refractivity contribution in [2.24, 2.45) is 5.73 Å². The van der Waals surface area contributed by atoms with Crippen LogP contribution in [0.2, 0.25) is 0 Å². The molecule has 3 N–H and O–H groups in total. The van der Waals surface area contributed by atoms with Crippen molar-refractivity contribution in [2.75, 3.05) is 26.2 Å². The highest BCUT2D eigenvalue weighted by Gasteiger charge is 2.32. The van der Waals surface area contributed by atoms with Gasteiger partial charge in [0.15, 0.2) is 11.6 Å². The molecule has 6 rings (SSSR count). The molecule has 3 aliphatic heterocycles. The van der Waals surface area contributed by atoms with Crippen LogP contribution in [0.1, 0.15) is 60.4 Å². The minimum atomic E-state index is -0.494. The molecule has 0 aromatic heterocycles. The summed E-state index contributed by atoms with van der Waals surface area (Å²) in [5.41, 5.74) is 9.34. The number of fused-ring (bicyclic) bond motifs is 7. The lowest BCUT2D eigenvalue weighted by molar-refractivity contribution is -0.133. The first-order valence-corrected chi connectivity index (χ1v) is 14.1. The normalized spacial score (nSPS) is 16.7. The molecule has 218 valence electrons. The molecule has 8 bridgehead atoms. The number of carbonyl (C=O) groups is 2. The number of rotatable bonds is 5. The molecule has 9 heteroatoms. The number of carbonyl (C=O) groups excluding carboxylic acids is 2. The molecule has 1 unspecified atom stereocenters. The summed E-state index contributed by atoms with van der Waals surface area (Å²) in [7, 11) is 0. The van der Waals surface area contributed by atoms with Crippen molar-refractivity contribution >= 4 is 24.2 Å². The Morgan fingerprint density at radius 2 is 1.93 bits per heavy atom. The van der Waals surface area contributed by atoms with E-state index in [9.17, 15) is 14.0 Å². The lowest BCUT2D eigenvalue weighted by Crippen LogP contribution is -2.40. The number of benzene rings is 3. The Kier molecular flexibility index (Phi) is 10.6. The SMILES string of the molecule is Cl.NCCCCCC(=O)N1CCc2cc3ccc2C1c1cccc(c1)OCCCNC(=O)Cc1ccc(F)c(c1)O3. The van der Waals surface area contributed by atoms with E-state index in [4.69, 9.17) is 15.2 Å². The first-order valence-electron chi connectivity index (χ1n) is 14.1. The smallest absolute Gasteiger partial charge is 0.224 e. The molecule has 0 radical (unpaired) electrons. The Morgan fingerprint density at radius 1 is 1.05 bits per heavy atom. The standard InChI is InChI=1S/C32H36FN3O4.ClH/c33-28-12-9-22-18-29(28)40-26-10-11-27-23(20-26)13-16-36(31(38)8-2-1-3-14-34)32(27)24-6-4-7-25(21-24)39-17-5-15-35-30(37)19-22;/h4,6-7,9-12,18,20-21,32H,1-3,5,8,13-17,19,34H2,(H,35,37);1H. The number of hydrogen-bond acceptors (Lipinski definition) is 5. The molecule has 2 amide bonds. The fourth-order valence-corrected chi connectivity index (χ4v) is 5.41. The number of amides is 2. The van der Waals surface area contributed by atoms with E-state index in [1.54, 1.807) is 12.1 Å². The molecule has 3 aliphatic rings. The van der Waals surface area contributed by atoms with E-state index in [1.165, 1.54) is 6.07 Å². The van der Waals surface area contributed by atoms with Crippen LogP contribution in [0, 0.1) is 5.82 Å². The van der Waals surface area contributed by atoms with E-state index >= 15 is 0 Å². The lowest BCUT2D eigenvalue weighted by Gasteiger charge is -2.38. The number of nitrogens with two attached hydrogens (primary N) is 1. The minimum Gasteiger partial charge on any atom is -0.494 e. The van der Waals surface area contributed by atoms with E-state index in [0.29, 0.717) is 56.8 Å². The highest BCUT2D eigenvalue weighted by Crippen LogP contribution is 2.39. The molecule has 0 saturated heterocycles. The van der Waals surface area contributed by atoms with Crippen molar-refractivity contribution < 1.29 is 23.5 Å². The van der Waals surface area contributed by atoms with Gasteiger partial charge in [0.2, 0.25) is 11.8 Å². The second-order valence-electron chi connectivity index (χ2n) is 10.4. The average molecular weight is 582 g/mol. The molecule has 7 nitrogen and oxygen atoms in total. The predicted octanol–water partition coefficient (Wildman–Crippen LogP) is 5.47. The second kappa shape index (κ2) is 14.3. The maximum absolute atomic E-state index is 14.7. The van der Waals surface area contributed by atoms with Crippen LogP contribution in [0.4, 0.5) is 4.39 Å². The fourth-order valence-electron chi connectivity index (χ4n) is 5.41. The van der Waals surface area contributed by atoms with Crippen LogP contribution in [0.25, 0.3) is 0 Å². The molecule has 1 atom stereocenters. The van der Waals surface area contributed by atoms with Crippen molar-refractivity contribution in [1.29, 1.82) is 0 Å². The highest BCUT2D eigenvalue weighted by molar-refractivity contribution is 5.85. The molecule has 3 aromatic carbocycles. The number of halogens is 2. The Hall–Kier alpha value is -3.62. The summed E-state index contributed by atoms with van der Waals surface area (Å²) < 4.78 is 26.7. The van der Waals surface area contributed by atoms with Crippen LogP contribution in [-0.2, 0) is 22.4 Å². The van der Waals surface area contributed by atoms with Gasteiger partial charge in [0.25, 0.3) is 0 Å². The topological polar surface area (TPSA) is 93.9 Å². The zero-order valence-corrected chi connectivity index (χ0v) is 23.9. The van der Waals surface area contributed by atoms with E-state index in [1.807, 2.05) is 47.4 Å². The fraction of sp³-hybridized carbons (Fsp3) is 0.375. The van der Waals surface area contributed by atoms with Gasteiger partial charge in [-0.3, -0.25) is 9.59 Å². The second-order valence-corrected chi connectivity index (χ2v) is 10.4. The molecule has 3 heterocycles. The van der Waals surface area contributed by atoms with Gasteiger partial charge in [0.05, 0.1) is 19.1 Å². The first kappa shape index (κ1) is 30.3. The molecule has 3 aromatic rings. The van der Waals surface area contributed by atoms with Gasteiger partial charge in [-0.2, -0.15) is 0 Å². The molecular weight excluding hydrogens is 545 g/mol. The Bertz CT molecular complexity index is 1370. The maximum Gasteiger partial charge on any atom is 0.224 e. The monoisotopic (exact) mass is 581 g/mol. The minimum absolute atomic E-state index is 0. The summed E-state index contributed by atoms with van der Waals surface area (Å²) in [5, 5.41) is 2.89. The van der Waals surface area contributed by atoms with Gasteiger partial charge < -0.3 is 25.4 Å². The van der Waals surface area contributed by atoms with Gasteiger partial charge in [0.1, 0.15) is 11.5 Å². The van der Waals surface area contributed by atoms with Gasteiger partial charge in [-0.15, -0.1) is 12.4 Å². The summed E-state index contributed by atoms with van der Waals surface area (Å²) >= 11 is 0. The van der Waals surface area contributed by atoms with Crippen molar-refractivity contribution in [3.05, 3.63) is 88.7 Å². The summed E-state index contributed by atoms with van der Waals surface area (Å²) in [6, 6.07) is 17.8. The van der Waals surface area contributed by atoms with Crippen LogP contribution in [-0.4, -0.2) is 43.0 Å². The Labute approximate surface area is 246 Å². The zero-order valence-electron chi connectivity index (χ0n) is 23.1. The van der Waals surface area contributed by atoms with Crippen molar-refractivity contribution in [3.63, 3.8) is 0 Å². The number of nitrogens with zero attached hydrogens (tertiary/aromatic N) is 1. The third-order valence-electron chi connectivity index (χ3n) is 7.43. The van der Waals surface area contributed by atoms with Gasteiger partial charge in [-0.25, -0.2) is 4.39 Å².